The van der Waals surface area contributed by atoms with E-state index in [1.54, 1.807) is 0 Å². The molecule has 224 valence electrons. The smallest absolute Gasteiger partial charge is 0.234 e. The van der Waals surface area contributed by atoms with Crippen molar-refractivity contribution in [3.8, 4) is 0 Å². The van der Waals surface area contributed by atoms with Crippen LogP contribution in [0.25, 0.3) is 0 Å². The molecule has 0 saturated carbocycles. The van der Waals surface area contributed by atoms with Crippen molar-refractivity contribution in [3.05, 3.63) is 64.2 Å². The number of anilines is 1. The minimum atomic E-state index is -0.0855. The number of halogens is 1. The summed E-state index contributed by atoms with van der Waals surface area (Å²) in [6.07, 6.45) is 0. The zero-order chi connectivity index (χ0) is 29.8. The lowest BCUT2D eigenvalue weighted by atomic mass is 9.88. The minimum Gasteiger partial charge on any atom is -0.368 e. The fraction of sp³-hybridized carbons (Fsp3) is 0.576. The summed E-state index contributed by atoms with van der Waals surface area (Å²) < 4.78 is 0. The Kier molecular flexibility index (Phi) is 10.4. The SMILES string of the molecule is Cc1ccc(N2CCN(C(=O)[C@@H]3CN(C(C)C)C[C@H]3c3ccc(Cl)cc3)CC2)c([C@@H](NC(=O)CN(C)C)C(C)C)c1. The van der Waals surface area contributed by atoms with Crippen LogP contribution in [0.15, 0.2) is 42.5 Å². The van der Waals surface area contributed by atoms with Gasteiger partial charge in [-0.25, -0.2) is 0 Å². The molecule has 2 aliphatic rings. The summed E-state index contributed by atoms with van der Waals surface area (Å²) >= 11 is 6.17. The van der Waals surface area contributed by atoms with Crippen molar-refractivity contribution >= 4 is 29.1 Å². The van der Waals surface area contributed by atoms with Crippen LogP contribution in [-0.4, -0.2) is 92.5 Å². The number of nitrogens with one attached hydrogen (secondary N) is 1. The van der Waals surface area contributed by atoms with Gasteiger partial charge in [-0.2, -0.15) is 0 Å². The van der Waals surface area contributed by atoms with E-state index >= 15 is 0 Å². The zero-order valence-electron chi connectivity index (χ0n) is 25.9. The van der Waals surface area contributed by atoms with Crippen LogP contribution in [0.2, 0.25) is 5.02 Å². The van der Waals surface area contributed by atoms with Crippen LogP contribution >= 0.6 is 11.6 Å². The minimum absolute atomic E-state index is 0.0267. The molecule has 0 unspecified atom stereocenters. The Morgan fingerprint density at radius 3 is 2.22 bits per heavy atom. The molecule has 8 heteroatoms. The third kappa shape index (κ3) is 7.62. The summed E-state index contributed by atoms with van der Waals surface area (Å²) in [4.78, 5) is 35.5. The van der Waals surface area contributed by atoms with Crippen molar-refractivity contribution < 1.29 is 9.59 Å². The van der Waals surface area contributed by atoms with Gasteiger partial charge >= 0.3 is 0 Å². The van der Waals surface area contributed by atoms with Crippen LogP contribution in [0.1, 0.15) is 56.3 Å². The summed E-state index contributed by atoms with van der Waals surface area (Å²) in [6, 6.07) is 14.9. The number of hydrogen-bond donors (Lipinski definition) is 1. The molecule has 0 aliphatic carbocycles. The molecule has 4 rings (SSSR count). The van der Waals surface area contributed by atoms with Crippen molar-refractivity contribution in [2.45, 2.75) is 52.6 Å². The summed E-state index contributed by atoms with van der Waals surface area (Å²) in [5.41, 5.74) is 4.67. The summed E-state index contributed by atoms with van der Waals surface area (Å²) in [5, 5.41) is 4.01. The quantitative estimate of drug-likeness (QED) is 0.461. The molecule has 2 fully saturated rings. The van der Waals surface area contributed by atoms with Crippen LogP contribution in [0.3, 0.4) is 0 Å². The van der Waals surface area contributed by atoms with Gasteiger partial charge in [0.05, 0.1) is 18.5 Å². The first-order chi connectivity index (χ1) is 19.4. The van der Waals surface area contributed by atoms with Crippen molar-refractivity contribution in [1.82, 2.24) is 20.0 Å². The van der Waals surface area contributed by atoms with E-state index in [9.17, 15) is 9.59 Å². The Bertz CT molecular complexity index is 1190. The normalized spacial score (nSPS) is 20.8. The number of amides is 2. The van der Waals surface area contributed by atoms with Crippen molar-refractivity contribution in [2.75, 3.05) is 64.8 Å². The van der Waals surface area contributed by atoms with Gasteiger partial charge in [0.2, 0.25) is 11.8 Å². The largest absolute Gasteiger partial charge is 0.368 e. The number of carbonyl (C=O) groups is 2. The van der Waals surface area contributed by atoms with Gasteiger partial charge in [-0.1, -0.05) is 55.3 Å². The Morgan fingerprint density at radius 1 is 0.976 bits per heavy atom. The Labute approximate surface area is 251 Å². The molecule has 2 heterocycles. The van der Waals surface area contributed by atoms with Gasteiger partial charge in [-0.15, -0.1) is 0 Å². The van der Waals surface area contributed by atoms with Crippen LogP contribution in [0.5, 0.6) is 0 Å². The van der Waals surface area contributed by atoms with Crippen LogP contribution < -0.4 is 10.2 Å². The second-order valence-corrected chi connectivity index (χ2v) is 13.2. The molecule has 0 spiro atoms. The van der Waals surface area contributed by atoms with Gasteiger partial charge in [-0.3, -0.25) is 14.5 Å². The van der Waals surface area contributed by atoms with E-state index in [2.05, 4.69) is 85.0 Å². The first-order valence-corrected chi connectivity index (χ1v) is 15.4. The van der Waals surface area contributed by atoms with Gasteiger partial charge in [0.1, 0.15) is 0 Å². The molecule has 0 bridgehead atoms. The van der Waals surface area contributed by atoms with E-state index in [0.717, 1.165) is 42.5 Å². The van der Waals surface area contributed by atoms with Crippen molar-refractivity contribution in [2.24, 2.45) is 11.8 Å². The molecule has 3 atom stereocenters. The second-order valence-electron chi connectivity index (χ2n) is 12.7. The predicted octanol–water partition coefficient (Wildman–Crippen LogP) is 4.80. The van der Waals surface area contributed by atoms with Gasteiger partial charge in [0, 0.05) is 61.9 Å². The van der Waals surface area contributed by atoms with Crippen molar-refractivity contribution in [1.29, 1.82) is 0 Å². The van der Waals surface area contributed by atoms with E-state index in [-0.39, 0.29) is 35.6 Å². The number of piperazine rings is 1. The van der Waals surface area contributed by atoms with Crippen molar-refractivity contribution in [3.63, 3.8) is 0 Å². The first-order valence-electron chi connectivity index (χ1n) is 15.0. The number of likely N-dealkylation sites (tertiary alicyclic amines) is 1. The zero-order valence-corrected chi connectivity index (χ0v) is 26.6. The maximum absolute atomic E-state index is 14.0. The highest BCUT2D eigenvalue weighted by atomic mass is 35.5. The summed E-state index contributed by atoms with van der Waals surface area (Å²) in [6.45, 7) is 15.8. The molecule has 2 aromatic rings. The van der Waals surface area contributed by atoms with E-state index in [4.69, 9.17) is 11.6 Å². The van der Waals surface area contributed by atoms with Gasteiger partial charge in [-0.05, 0) is 70.1 Å². The maximum Gasteiger partial charge on any atom is 0.234 e. The topological polar surface area (TPSA) is 59.1 Å². The van der Waals surface area contributed by atoms with Gasteiger partial charge in [0.25, 0.3) is 0 Å². The highest BCUT2D eigenvalue weighted by Gasteiger charge is 2.41. The molecule has 7 nitrogen and oxygen atoms in total. The molecule has 1 N–H and O–H groups in total. The summed E-state index contributed by atoms with van der Waals surface area (Å²) in [7, 11) is 3.82. The van der Waals surface area contributed by atoms with E-state index in [1.807, 2.05) is 31.1 Å². The molecule has 2 saturated heterocycles. The molecule has 2 amide bonds. The average Bonchev–Trinajstić information content (AvgIpc) is 3.37. The molecule has 2 aromatic carbocycles. The fourth-order valence-electron chi connectivity index (χ4n) is 6.28. The van der Waals surface area contributed by atoms with Crippen LogP contribution in [-0.2, 0) is 9.59 Å². The number of aryl methyl sites for hydroxylation is 1. The lowest BCUT2D eigenvalue weighted by Crippen LogP contribution is -2.51. The standard InChI is InChI=1S/C33H48ClN5O2/c1-22(2)32(35-31(40)21-36(6)7)27-18-24(5)8-13-30(27)37-14-16-38(17-15-37)33(41)29-20-39(23(3)4)19-28(29)25-9-11-26(34)12-10-25/h8-13,18,22-23,28-29,32H,14-17,19-21H2,1-7H3,(H,35,40)/t28-,29+,32-/m0/s1. The van der Waals surface area contributed by atoms with E-state index < -0.39 is 0 Å². The van der Waals surface area contributed by atoms with Gasteiger partial charge < -0.3 is 20.0 Å². The fourth-order valence-corrected chi connectivity index (χ4v) is 6.40. The number of likely N-dealkylation sites (N-methyl/N-ethyl adjacent to an activating group) is 1. The first kappa shape index (κ1) is 31.3. The number of carbonyl (C=O) groups excluding carboxylic acids is 2. The number of hydrogen-bond acceptors (Lipinski definition) is 5. The molecular formula is C33H48ClN5O2. The number of benzene rings is 2. The summed E-state index contributed by atoms with van der Waals surface area (Å²) in [5.74, 6) is 0.631. The molecule has 0 aromatic heterocycles. The predicted molar refractivity (Wildman–Crippen MR) is 169 cm³/mol. The molecule has 0 radical (unpaired) electrons. The Morgan fingerprint density at radius 2 is 1.63 bits per heavy atom. The lowest BCUT2D eigenvalue weighted by Gasteiger charge is -2.39. The highest BCUT2D eigenvalue weighted by Crippen LogP contribution is 2.37. The highest BCUT2D eigenvalue weighted by molar-refractivity contribution is 6.30. The monoisotopic (exact) mass is 581 g/mol. The molecule has 2 aliphatic heterocycles. The van der Waals surface area contributed by atoms with E-state index in [0.29, 0.717) is 25.7 Å². The van der Waals surface area contributed by atoms with Gasteiger partial charge in [0.15, 0.2) is 0 Å². The molecule has 41 heavy (non-hydrogen) atoms. The second kappa shape index (κ2) is 13.6. The molecular weight excluding hydrogens is 534 g/mol. The third-order valence-electron chi connectivity index (χ3n) is 8.59. The number of rotatable bonds is 9. The van der Waals surface area contributed by atoms with Crippen LogP contribution in [0.4, 0.5) is 5.69 Å². The average molecular weight is 582 g/mol. The Hall–Kier alpha value is -2.61. The maximum atomic E-state index is 14.0. The van der Waals surface area contributed by atoms with Crippen LogP contribution in [0, 0.1) is 18.8 Å². The third-order valence-corrected chi connectivity index (χ3v) is 8.84. The number of nitrogens with zero attached hydrogens (tertiary/aromatic N) is 4. The van der Waals surface area contributed by atoms with E-state index in [1.165, 1.54) is 11.1 Å². The Balaban J connectivity index is 1.49. The lowest BCUT2D eigenvalue weighted by molar-refractivity contribution is -0.136.